The van der Waals surface area contributed by atoms with Crippen LogP contribution in [-0.4, -0.2) is 24.0 Å². The van der Waals surface area contributed by atoms with E-state index in [1.807, 2.05) is 18.2 Å². The summed E-state index contributed by atoms with van der Waals surface area (Å²) in [6.45, 7) is 1.43. The summed E-state index contributed by atoms with van der Waals surface area (Å²) in [6.07, 6.45) is 7.04. The third-order valence-corrected chi connectivity index (χ3v) is 4.47. The lowest BCUT2D eigenvalue weighted by Crippen LogP contribution is -2.31. The largest absolute Gasteiger partial charge is 0.361 e. The van der Waals surface area contributed by atoms with E-state index in [4.69, 9.17) is 21.1 Å². The first-order chi connectivity index (χ1) is 9.76. The highest BCUT2D eigenvalue weighted by Crippen LogP contribution is 2.40. The van der Waals surface area contributed by atoms with E-state index >= 15 is 0 Å². The first-order valence-electron chi connectivity index (χ1n) is 7.00. The zero-order valence-electron chi connectivity index (χ0n) is 11.1. The van der Waals surface area contributed by atoms with E-state index in [1.54, 1.807) is 0 Å². The van der Waals surface area contributed by atoms with Gasteiger partial charge in [-0.15, -0.1) is 0 Å². The zero-order valence-corrected chi connectivity index (χ0v) is 11.9. The van der Waals surface area contributed by atoms with E-state index in [0.717, 1.165) is 29.8 Å². The average Bonchev–Trinajstić information content (AvgIpc) is 3.07. The van der Waals surface area contributed by atoms with Gasteiger partial charge in [-0.3, -0.25) is 0 Å². The standard InChI is InChI=1S/C16H16ClNO2/c17-12-1-2-15-13(9-12)14(10-18-15)11-3-5-16(6-4-11)19-7-8-20-16/h1-3,9-10,18H,4-8H2. The van der Waals surface area contributed by atoms with Gasteiger partial charge in [-0.2, -0.15) is 0 Å². The molecular weight excluding hydrogens is 274 g/mol. The lowest BCUT2D eigenvalue weighted by Gasteiger charge is -2.30. The molecule has 0 bridgehead atoms. The van der Waals surface area contributed by atoms with Gasteiger partial charge < -0.3 is 14.5 Å². The first kappa shape index (κ1) is 12.5. The van der Waals surface area contributed by atoms with Crippen molar-refractivity contribution in [3.63, 3.8) is 0 Å². The minimum Gasteiger partial charge on any atom is -0.361 e. The molecule has 1 N–H and O–H groups in total. The summed E-state index contributed by atoms with van der Waals surface area (Å²) in [5.41, 5.74) is 3.72. The van der Waals surface area contributed by atoms with E-state index < -0.39 is 0 Å². The molecule has 1 saturated heterocycles. The lowest BCUT2D eigenvalue weighted by molar-refractivity contribution is -0.159. The summed E-state index contributed by atoms with van der Waals surface area (Å²) in [5, 5.41) is 1.96. The molecule has 104 valence electrons. The van der Waals surface area contributed by atoms with E-state index in [-0.39, 0.29) is 5.79 Å². The van der Waals surface area contributed by atoms with Gasteiger partial charge in [-0.1, -0.05) is 17.7 Å². The van der Waals surface area contributed by atoms with Crippen LogP contribution in [0.25, 0.3) is 16.5 Å². The van der Waals surface area contributed by atoms with Crippen molar-refractivity contribution in [2.45, 2.75) is 25.0 Å². The van der Waals surface area contributed by atoms with Crippen LogP contribution >= 0.6 is 11.6 Å². The highest BCUT2D eigenvalue weighted by Gasteiger charge is 2.37. The van der Waals surface area contributed by atoms with Gasteiger partial charge in [0.15, 0.2) is 5.79 Å². The van der Waals surface area contributed by atoms with Gasteiger partial charge in [-0.25, -0.2) is 0 Å². The predicted octanol–water partition coefficient (Wildman–Crippen LogP) is 4.13. The maximum atomic E-state index is 6.11. The maximum Gasteiger partial charge on any atom is 0.172 e. The van der Waals surface area contributed by atoms with E-state index in [9.17, 15) is 0 Å². The fourth-order valence-electron chi connectivity index (χ4n) is 3.17. The Balaban J connectivity index is 1.70. The van der Waals surface area contributed by atoms with Crippen LogP contribution in [-0.2, 0) is 9.47 Å². The van der Waals surface area contributed by atoms with Gasteiger partial charge in [0.25, 0.3) is 0 Å². The van der Waals surface area contributed by atoms with Gasteiger partial charge in [0.2, 0.25) is 0 Å². The molecule has 1 aromatic carbocycles. The van der Waals surface area contributed by atoms with Gasteiger partial charge in [-0.05, 0) is 30.2 Å². The van der Waals surface area contributed by atoms with Crippen LogP contribution in [0.2, 0.25) is 5.02 Å². The molecule has 0 atom stereocenters. The topological polar surface area (TPSA) is 34.2 Å². The van der Waals surface area contributed by atoms with Gasteiger partial charge >= 0.3 is 0 Å². The van der Waals surface area contributed by atoms with Crippen molar-refractivity contribution >= 4 is 28.1 Å². The van der Waals surface area contributed by atoms with Crippen molar-refractivity contribution in [3.8, 4) is 0 Å². The van der Waals surface area contributed by atoms with Crippen LogP contribution in [0.5, 0.6) is 0 Å². The van der Waals surface area contributed by atoms with Crippen molar-refractivity contribution in [1.29, 1.82) is 0 Å². The normalized spacial score (nSPS) is 21.6. The summed E-state index contributed by atoms with van der Waals surface area (Å²) < 4.78 is 11.5. The Morgan fingerprint density at radius 2 is 2.05 bits per heavy atom. The number of allylic oxidation sites excluding steroid dienone is 1. The molecule has 1 aromatic heterocycles. The Kier molecular flexibility index (Phi) is 2.88. The van der Waals surface area contributed by atoms with Crippen LogP contribution in [0.3, 0.4) is 0 Å². The van der Waals surface area contributed by atoms with E-state index in [2.05, 4.69) is 17.3 Å². The summed E-state index contributed by atoms with van der Waals surface area (Å²) >= 11 is 6.11. The van der Waals surface area contributed by atoms with Crippen molar-refractivity contribution in [2.75, 3.05) is 13.2 Å². The molecule has 0 radical (unpaired) electrons. The highest BCUT2D eigenvalue weighted by molar-refractivity contribution is 6.31. The molecule has 4 heteroatoms. The molecule has 3 nitrogen and oxygen atoms in total. The van der Waals surface area contributed by atoms with Crippen LogP contribution < -0.4 is 0 Å². The Labute approximate surface area is 122 Å². The molecule has 1 fully saturated rings. The molecule has 2 heterocycles. The number of hydrogen-bond donors (Lipinski definition) is 1. The van der Waals surface area contributed by atoms with Gasteiger partial charge in [0.05, 0.1) is 13.2 Å². The Morgan fingerprint density at radius 3 is 2.80 bits per heavy atom. The number of rotatable bonds is 1. The number of aromatic nitrogens is 1. The number of nitrogens with one attached hydrogen (secondary N) is 1. The van der Waals surface area contributed by atoms with Crippen LogP contribution in [0.1, 0.15) is 24.8 Å². The molecule has 20 heavy (non-hydrogen) atoms. The highest BCUT2D eigenvalue weighted by atomic mass is 35.5. The fraction of sp³-hybridized carbons (Fsp3) is 0.375. The minimum absolute atomic E-state index is 0.354. The van der Waals surface area contributed by atoms with E-state index in [0.29, 0.717) is 13.2 Å². The average molecular weight is 290 g/mol. The molecule has 1 spiro atoms. The molecule has 0 amide bonds. The van der Waals surface area contributed by atoms with Crippen LogP contribution in [0.4, 0.5) is 0 Å². The van der Waals surface area contributed by atoms with Gasteiger partial charge in [0.1, 0.15) is 0 Å². The molecular formula is C16H16ClNO2. The summed E-state index contributed by atoms with van der Waals surface area (Å²) in [5.74, 6) is -0.354. The monoisotopic (exact) mass is 289 g/mol. The second-order valence-electron chi connectivity index (χ2n) is 5.43. The summed E-state index contributed by atoms with van der Waals surface area (Å²) in [7, 11) is 0. The third kappa shape index (κ3) is 1.97. The molecule has 1 aliphatic heterocycles. The SMILES string of the molecule is Clc1ccc2[nH]cc(C3=CCC4(CC3)OCCO4)c2c1. The fourth-order valence-corrected chi connectivity index (χ4v) is 3.34. The third-order valence-electron chi connectivity index (χ3n) is 4.24. The molecule has 0 saturated carbocycles. The van der Waals surface area contributed by atoms with Crippen molar-refractivity contribution in [1.82, 2.24) is 4.98 Å². The molecule has 2 aliphatic rings. The number of benzene rings is 1. The first-order valence-corrected chi connectivity index (χ1v) is 7.38. The Hall–Kier alpha value is -1.29. The second kappa shape index (κ2) is 4.62. The number of fused-ring (bicyclic) bond motifs is 1. The molecule has 4 rings (SSSR count). The number of aromatic amines is 1. The van der Waals surface area contributed by atoms with Crippen LogP contribution in [0, 0.1) is 0 Å². The molecule has 2 aromatic rings. The summed E-state index contributed by atoms with van der Waals surface area (Å²) in [4.78, 5) is 3.31. The quantitative estimate of drug-likeness (QED) is 0.856. The van der Waals surface area contributed by atoms with Gasteiger partial charge in [0, 0.05) is 40.5 Å². The lowest BCUT2D eigenvalue weighted by atomic mass is 9.90. The predicted molar refractivity (Wildman–Crippen MR) is 79.8 cm³/mol. The zero-order chi connectivity index (χ0) is 13.6. The second-order valence-corrected chi connectivity index (χ2v) is 5.87. The Morgan fingerprint density at radius 1 is 1.20 bits per heavy atom. The Bertz CT molecular complexity index is 683. The molecule has 0 unspecified atom stereocenters. The minimum atomic E-state index is -0.354. The summed E-state index contributed by atoms with van der Waals surface area (Å²) in [6, 6.07) is 5.96. The van der Waals surface area contributed by atoms with Crippen molar-refractivity contribution in [2.24, 2.45) is 0 Å². The van der Waals surface area contributed by atoms with Crippen molar-refractivity contribution < 1.29 is 9.47 Å². The number of hydrogen-bond acceptors (Lipinski definition) is 2. The smallest absolute Gasteiger partial charge is 0.172 e. The number of H-pyrrole nitrogens is 1. The maximum absolute atomic E-state index is 6.11. The number of halogens is 1. The number of ether oxygens (including phenoxy) is 2. The molecule has 1 aliphatic carbocycles. The van der Waals surface area contributed by atoms with Crippen molar-refractivity contribution in [3.05, 3.63) is 41.1 Å². The van der Waals surface area contributed by atoms with Crippen LogP contribution in [0.15, 0.2) is 30.5 Å². The van der Waals surface area contributed by atoms with E-state index in [1.165, 1.54) is 16.5 Å².